The van der Waals surface area contributed by atoms with Crippen LogP contribution in [-0.2, 0) is 6.54 Å². The third kappa shape index (κ3) is 3.30. The number of hydrogen-bond acceptors (Lipinski definition) is 2. The van der Waals surface area contributed by atoms with E-state index in [4.69, 9.17) is 0 Å². The van der Waals surface area contributed by atoms with Gasteiger partial charge in [-0.25, -0.2) is 0 Å². The molecule has 0 aromatic heterocycles. The van der Waals surface area contributed by atoms with Crippen LogP contribution in [0.1, 0.15) is 29.5 Å². The zero-order chi connectivity index (χ0) is 12.4. The number of aryl methyl sites for hydroxylation is 2. The molecule has 1 aromatic rings. The molecule has 0 heterocycles. The second-order valence-electron chi connectivity index (χ2n) is 5.47. The van der Waals surface area contributed by atoms with Crippen molar-refractivity contribution in [2.45, 2.75) is 39.3 Å². The number of nitrogens with zero attached hydrogens (tertiary/aromatic N) is 1. The van der Waals surface area contributed by atoms with E-state index >= 15 is 0 Å². The summed E-state index contributed by atoms with van der Waals surface area (Å²) in [6.45, 7) is 6.04. The van der Waals surface area contributed by atoms with Gasteiger partial charge in [-0.1, -0.05) is 18.2 Å². The van der Waals surface area contributed by atoms with Gasteiger partial charge in [-0.15, -0.1) is 0 Å². The summed E-state index contributed by atoms with van der Waals surface area (Å²) < 4.78 is 0. The molecule has 1 atom stereocenters. The van der Waals surface area contributed by atoms with Crippen molar-refractivity contribution >= 4 is 0 Å². The van der Waals surface area contributed by atoms with E-state index in [9.17, 15) is 5.11 Å². The minimum atomic E-state index is -0.135. The SMILES string of the molecule is Cc1cccc(C)c1CN(C)CC(O)C1CC1. The lowest BCUT2D eigenvalue weighted by atomic mass is 10.0. The first-order chi connectivity index (χ1) is 8.08. The topological polar surface area (TPSA) is 23.5 Å². The molecule has 2 rings (SSSR count). The molecule has 1 N–H and O–H groups in total. The lowest BCUT2D eigenvalue weighted by Crippen LogP contribution is -2.30. The number of hydrogen-bond donors (Lipinski definition) is 1. The molecule has 2 heteroatoms. The molecule has 94 valence electrons. The molecule has 1 fully saturated rings. The molecule has 1 aliphatic rings. The van der Waals surface area contributed by atoms with Crippen LogP contribution in [0.15, 0.2) is 18.2 Å². The van der Waals surface area contributed by atoms with Gasteiger partial charge in [0.05, 0.1) is 6.10 Å². The first-order valence-corrected chi connectivity index (χ1v) is 6.49. The number of rotatable bonds is 5. The smallest absolute Gasteiger partial charge is 0.0695 e. The van der Waals surface area contributed by atoms with Crippen molar-refractivity contribution in [3.05, 3.63) is 34.9 Å². The van der Waals surface area contributed by atoms with Gasteiger partial charge in [-0.05, 0) is 56.3 Å². The van der Waals surface area contributed by atoms with Crippen LogP contribution < -0.4 is 0 Å². The van der Waals surface area contributed by atoms with E-state index in [1.807, 2.05) is 0 Å². The fourth-order valence-corrected chi connectivity index (χ4v) is 2.38. The number of likely N-dealkylation sites (N-methyl/N-ethyl adjacent to an activating group) is 1. The van der Waals surface area contributed by atoms with Crippen molar-refractivity contribution in [2.24, 2.45) is 5.92 Å². The van der Waals surface area contributed by atoms with Gasteiger partial charge in [0, 0.05) is 13.1 Å². The van der Waals surface area contributed by atoms with E-state index in [0.29, 0.717) is 5.92 Å². The predicted octanol–water partition coefficient (Wildman–Crippen LogP) is 2.51. The Morgan fingerprint density at radius 3 is 2.41 bits per heavy atom. The molecule has 0 amide bonds. The van der Waals surface area contributed by atoms with Gasteiger partial charge in [0.2, 0.25) is 0 Å². The summed E-state index contributed by atoms with van der Waals surface area (Å²) >= 11 is 0. The zero-order valence-corrected chi connectivity index (χ0v) is 11.1. The highest BCUT2D eigenvalue weighted by Gasteiger charge is 2.30. The first kappa shape index (κ1) is 12.6. The van der Waals surface area contributed by atoms with Crippen LogP contribution in [0.2, 0.25) is 0 Å². The van der Waals surface area contributed by atoms with E-state index in [1.165, 1.54) is 29.5 Å². The van der Waals surface area contributed by atoms with Gasteiger partial charge < -0.3 is 5.11 Å². The van der Waals surface area contributed by atoms with Crippen LogP contribution in [0.5, 0.6) is 0 Å². The highest BCUT2D eigenvalue weighted by atomic mass is 16.3. The molecule has 0 bridgehead atoms. The molecule has 1 aliphatic carbocycles. The summed E-state index contributed by atoms with van der Waals surface area (Å²) in [4.78, 5) is 2.23. The molecule has 0 saturated heterocycles. The molecule has 0 aliphatic heterocycles. The van der Waals surface area contributed by atoms with Crippen LogP contribution in [0.25, 0.3) is 0 Å². The second-order valence-corrected chi connectivity index (χ2v) is 5.47. The Labute approximate surface area is 104 Å². The summed E-state index contributed by atoms with van der Waals surface area (Å²) in [5, 5.41) is 9.93. The third-order valence-corrected chi connectivity index (χ3v) is 3.74. The minimum Gasteiger partial charge on any atom is -0.392 e. The first-order valence-electron chi connectivity index (χ1n) is 6.49. The maximum atomic E-state index is 9.93. The van der Waals surface area contributed by atoms with E-state index in [1.54, 1.807) is 0 Å². The van der Waals surface area contributed by atoms with Crippen molar-refractivity contribution in [2.75, 3.05) is 13.6 Å². The summed E-state index contributed by atoms with van der Waals surface area (Å²) in [7, 11) is 2.09. The minimum absolute atomic E-state index is 0.135. The quantitative estimate of drug-likeness (QED) is 0.844. The van der Waals surface area contributed by atoms with E-state index in [2.05, 4.69) is 44.0 Å². The Hall–Kier alpha value is -0.860. The standard InChI is InChI=1S/C15H23NO/c1-11-5-4-6-12(2)14(11)9-16(3)10-15(17)13-7-8-13/h4-6,13,15,17H,7-10H2,1-3H3. The van der Waals surface area contributed by atoms with E-state index in [0.717, 1.165) is 13.1 Å². The van der Waals surface area contributed by atoms with Gasteiger partial charge >= 0.3 is 0 Å². The lowest BCUT2D eigenvalue weighted by molar-refractivity contribution is 0.104. The van der Waals surface area contributed by atoms with Gasteiger partial charge in [-0.2, -0.15) is 0 Å². The Morgan fingerprint density at radius 1 is 1.29 bits per heavy atom. The number of aliphatic hydroxyl groups is 1. The molecule has 2 nitrogen and oxygen atoms in total. The van der Waals surface area contributed by atoms with Crippen LogP contribution in [0.3, 0.4) is 0 Å². The van der Waals surface area contributed by atoms with Crippen molar-refractivity contribution in [1.29, 1.82) is 0 Å². The highest BCUT2D eigenvalue weighted by Crippen LogP contribution is 2.32. The molecule has 0 radical (unpaired) electrons. The average Bonchev–Trinajstić information content (AvgIpc) is 3.07. The van der Waals surface area contributed by atoms with E-state index in [-0.39, 0.29) is 6.10 Å². The van der Waals surface area contributed by atoms with Gasteiger partial charge in [0.1, 0.15) is 0 Å². The van der Waals surface area contributed by atoms with E-state index < -0.39 is 0 Å². The highest BCUT2D eigenvalue weighted by molar-refractivity contribution is 5.33. The number of benzene rings is 1. The number of aliphatic hydroxyl groups excluding tert-OH is 1. The van der Waals surface area contributed by atoms with Crippen molar-refractivity contribution < 1.29 is 5.11 Å². The molecule has 0 spiro atoms. The monoisotopic (exact) mass is 233 g/mol. The van der Waals surface area contributed by atoms with Gasteiger partial charge in [-0.3, -0.25) is 4.90 Å². The van der Waals surface area contributed by atoms with Gasteiger partial charge in [0.15, 0.2) is 0 Å². The van der Waals surface area contributed by atoms with Crippen molar-refractivity contribution in [1.82, 2.24) is 4.90 Å². The Morgan fingerprint density at radius 2 is 1.88 bits per heavy atom. The fourth-order valence-electron chi connectivity index (χ4n) is 2.38. The fraction of sp³-hybridized carbons (Fsp3) is 0.600. The van der Waals surface area contributed by atoms with Crippen LogP contribution in [0.4, 0.5) is 0 Å². The van der Waals surface area contributed by atoms with Crippen LogP contribution in [-0.4, -0.2) is 29.7 Å². The maximum absolute atomic E-state index is 9.93. The maximum Gasteiger partial charge on any atom is 0.0695 e. The molecule has 1 aromatic carbocycles. The molecule has 17 heavy (non-hydrogen) atoms. The zero-order valence-electron chi connectivity index (χ0n) is 11.1. The summed E-state index contributed by atoms with van der Waals surface area (Å²) in [5.74, 6) is 0.565. The third-order valence-electron chi connectivity index (χ3n) is 3.74. The van der Waals surface area contributed by atoms with Crippen LogP contribution >= 0.6 is 0 Å². The van der Waals surface area contributed by atoms with Crippen LogP contribution in [0, 0.1) is 19.8 Å². The Balaban J connectivity index is 1.94. The molecular formula is C15H23NO. The normalized spacial score (nSPS) is 17.5. The predicted molar refractivity (Wildman–Crippen MR) is 71.0 cm³/mol. The largest absolute Gasteiger partial charge is 0.392 e. The molecular weight excluding hydrogens is 210 g/mol. The van der Waals surface area contributed by atoms with Crippen molar-refractivity contribution in [3.63, 3.8) is 0 Å². The Bertz CT molecular complexity index is 364. The van der Waals surface area contributed by atoms with Crippen molar-refractivity contribution in [3.8, 4) is 0 Å². The summed E-state index contributed by atoms with van der Waals surface area (Å²) in [6, 6.07) is 6.42. The Kier molecular flexibility index (Phi) is 3.85. The summed E-state index contributed by atoms with van der Waals surface area (Å²) in [6.07, 6.45) is 2.28. The average molecular weight is 233 g/mol. The molecule has 1 saturated carbocycles. The molecule has 1 unspecified atom stereocenters. The lowest BCUT2D eigenvalue weighted by Gasteiger charge is -2.22. The van der Waals surface area contributed by atoms with Gasteiger partial charge in [0.25, 0.3) is 0 Å². The summed E-state index contributed by atoms with van der Waals surface area (Å²) in [5.41, 5.74) is 4.09. The second kappa shape index (κ2) is 5.19.